The molecule has 8 nitrogen and oxygen atoms in total. The summed E-state index contributed by atoms with van der Waals surface area (Å²) in [5, 5.41) is 11.6. The number of ether oxygens (including phenoxy) is 1. The molecular weight excluding hydrogens is 350 g/mol. The number of hydroxylamine groups is 1. The zero-order chi connectivity index (χ0) is 20.8. The summed E-state index contributed by atoms with van der Waals surface area (Å²) in [5.41, 5.74) is 1.41. The van der Waals surface area contributed by atoms with Gasteiger partial charge >= 0.3 is 6.09 Å². The molecule has 0 saturated carbocycles. The molecule has 1 aromatic carbocycles. The molecule has 8 heteroatoms. The zero-order valence-electron chi connectivity index (χ0n) is 16.6. The van der Waals surface area contributed by atoms with Crippen LogP contribution in [0.15, 0.2) is 30.3 Å². The van der Waals surface area contributed by atoms with Crippen LogP contribution in [0.1, 0.15) is 46.2 Å². The average molecular weight is 379 g/mol. The van der Waals surface area contributed by atoms with Crippen molar-refractivity contribution < 1.29 is 24.3 Å². The Morgan fingerprint density at radius 3 is 2.11 bits per heavy atom. The van der Waals surface area contributed by atoms with E-state index in [4.69, 9.17) is 9.94 Å². The number of hydrogen-bond donors (Lipinski definition) is 3. The molecule has 3 N–H and O–H groups in total. The van der Waals surface area contributed by atoms with Gasteiger partial charge in [0.15, 0.2) is 0 Å². The van der Waals surface area contributed by atoms with Gasteiger partial charge in [-0.3, -0.25) is 14.8 Å². The fraction of sp³-hybridized carbons (Fsp3) is 0.526. The minimum Gasteiger partial charge on any atom is -0.444 e. The van der Waals surface area contributed by atoms with Crippen LogP contribution in [0.5, 0.6) is 0 Å². The van der Waals surface area contributed by atoms with Gasteiger partial charge in [-0.2, -0.15) is 0 Å². The summed E-state index contributed by atoms with van der Waals surface area (Å²) in [7, 11) is 1.45. The Morgan fingerprint density at radius 2 is 1.67 bits per heavy atom. The predicted octanol–water partition coefficient (Wildman–Crippen LogP) is 2.24. The summed E-state index contributed by atoms with van der Waals surface area (Å²) < 4.78 is 5.26. The molecule has 0 aromatic heterocycles. The molecular formula is C19H29N3O5. The summed E-state index contributed by atoms with van der Waals surface area (Å²) in [6.45, 7) is 8.67. The molecule has 0 heterocycles. The van der Waals surface area contributed by atoms with Crippen molar-refractivity contribution in [2.45, 2.75) is 52.3 Å². The smallest absolute Gasteiger partial charge is 0.408 e. The number of rotatable bonds is 6. The molecule has 1 rings (SSSR count). The molecule has 0 bridgehead atoms. The normalized spacial score (nSPS) is 13.5. The lowest BCUT2D eigenvalue weighted by Crippen LogP contribution is -2.53. The van der Waals surface area contributed by atoms with Crippen LogP contribution in [0.2, 0.25) is 0 Å². The van der Waals surface area contributed by atoms with Crippen LogP contribution in [-0.4, -0.2) is 46.7 Å². The molecule has 27 heavy (non-hydrogen) atoms. The average Bonchev–Trinajstić information content (AvgIpc) is 2.57. The van der Waals surface area contributed by atoms with Crippen LogP contribution in [0, 0.1) is 5.92 Å². The second-order valence-corrected chi connectivity index (χ2v) is 7.60. The second-order valence-electron chi connectivity index (χ2n) is 7.60. The van der Waals surface area contributed by atoms with Crippen molar-refractivity contribution >= 4 is 17.9 Å². The molecule has 0 spiro atoms. The summed E-state index contributed by atoms with van der Waals surface area (Å²) >= 11 is 0. The zero-order valence-corrected chi connectivity index (χ0v) is 16.6. The molecule has 0 radical (unpaired) electrons. The summed E-state index contributed by atoms with van der Waals surface area (Å²) in [4.78, 5) is 38.6. The molecule has 150 valence electrons. The number of hydrogen-bond acceptors (Lipinski definition) is 5. The maximum atomic E-state index is 13.1. The lowest BCUT2D eigenvalue weighted by molar-refractivity contribution is -0.146. The highest BCUT2D eigenvalue weighted by Gasteiger charge is 2.35. The number of carbonyl (C=O) groups excluding carboxylic acids is 3. The lowest BCUT2D eigenvalue weighted by atomic mass is 9.99. The second kappa shape index (κ2) is 9.36. The van der Waals surface area contributed by atoms with Crippen LogP contribution in [0.25, 0.3) is 0 Å². The molecule has 0 aliphatic rings. The molecule has 1 aromatic rings. The van der Waals surface area contributed by atoms with Crippen LogP contribution in [-0.2, 0) is 14.3 Å². The van der Waals surface area contributed by atoms with Crippen molar-refractivity contribution in [1.29, 1.82) is 0 Å². The van der Waals surface area contributed by atoms with E-state index in [0.29, 0.717) is 5.56 Å². The van der Waals surface area contributed by atoms with E-state index in [9.17, 15) is 14.4 Å². The number of nitrogens with one attached hydrogen (secondary N) is 2. The highest BCUT2D eigenvalue weighted by molar-refractivity contribution is 5.91. The van der Waals surface area contributed by atoms with Crippen molar-refractivity contribution in [3.63, 3.8) is 0 Å². The van der Waals surface area contributed by atoms with Gasteiger partial charge in [0.25, 0.3) is 5.91 Å². The SMILES string of the molecule is CC(C)[C@H](C(=O)NO)N(C)C(=O)C(NC(=O)OC(C)(C)C)c1ccccc1. The van der Waals surface area contributed by atoms with Crippen LogP contribution >= 0.6 is 0 Å². The Morgan fingerprint density at radius 1 is 1.11 bits per heavy atom. The van der Waals surface area contributed by atoms with Crippen LogP contribution in [0.3, 0.4) is 0 Å². The van der Waals surface area contributed by atoms with Crippen LogP contribution in [0.4, 0.5) is 4.79 Å². The van der Waals surface area contributed by atoms with E-state index in [1.54, 1.807) is 70.4 Å². The van der Waals surface area contributed by atoms with Gasteiger partial charge in [0.05, 0.1) is 0 Å². The first-order chi connectivity index (χ1) is 12.5. The fourth-order valence-electron chi connectivity index (χ4n) is 2.69. The molecule has 0 fully saturated rings. The Balaban J connectivity index is 3.16. The van der Waals surface area contributed by atoms with Crippen molar-refractivity contribution in [2.24, 2.45) is 5.92 Å². The molecule has 0 saturated heterocycles. The molecule has 2 atom stereocenters. The number of alkyl carbamates (subject to hydrolysis) is 1. The Hall–Kier alpha value is -2.61. The highest BCUT2D eigenvalue weighted by atomic mass is 16.6. The van der Waals surface area contributed by atoms with E-state index < -0.39 is 35.6 Å². The molecule has 1 unspecified atom stereocenters. The Labute approximate surface area is 159 Å². The number of likely N-dealkylation sites (N-methyl/N-ethyl adjacent to an activating group) is 1. The van der Waals surface area contributed by atoms with Gasteiger partial charge in [-0.25, -0.2) is 10.3 Å². The third kappa shape index (κ3) is 6.56. The van der Waals surface area contributed by atoms with E-state index in [1.165, 1.54) is 11.9 Å². The largest absolute Gasteiger partial charge is 0.444 e. The standard InChI is InChI=1S/C19H29N3O5/c1-12(2)15(16(23)21-26)22(6)17(24)14(13-10-8-7-9-11-13)20-18(25)27-19(3,4)5/h7-12,14-15,26H,1-6H3,(H,20,25)(H,21,23)/t14?,15-/m1/s1. The molecule has 0 aliphatic heterocycles. The first-order valence-electron chi connectivity index (χ1n) is 8.73. The summed E-state index contributed by atoms with van der Waals surface area (Å²) in [5.74, 6) is -1.47. The Kier molecular flexibility index (Phi) is 7.78. The van der Waals surface area contributed by atoms with Gasteiger partial charge in [-0.1, -0.05) is 44.2 Å². The van der Waals surface area contributed by atoms with Crippen molar-refractivity contribution in [3.8, 4) is 0 Å². The van der Waals surface area contributed by atoms with Gasteiger partial charge in [0, 0.05) is 7.05 Å². The van der Waals surface area contributed by atoms with Gasteiger partial charge < -0.3 is 15.0 Å². The number of amides is 3. The third-order valence-corrected chi connectivity index (χ3v) is 3.82. The molecule has 3 amide bonds. The van der Waals surface area contributed by atoms with Crippen molar-refractivity contribution in [1.82, 2.24) is 15.7 Å². The van der Waals surface area contributed by atoms with Gasteiger partial charge in [0.1, 0.15) is 17.7 Å². The Bertz CT molecular complexity index is 655. The maximum absolute atomic E-state index is 13.1. The first kappa shape index (κ1) is 22.4. The lowest BCUT2D eigenvalue weighted by Gasteiger charge is -2.32. The number of carbonyl (C=O) groups is 3. The topological polar surface area (TPSA) is 108 Å². The van der Waals surface area contributed by atoms with E-state index >= 15 is 0 Å². The highest BCUT2D eigenvalue weighted by Crippen LogP contribution is 2.20. The maximum Gasteiger partial charge on any atom is 0.408 e. The predicted molar refractivity (Wildman–Crippen MR) is 99.9 cm³/mol. The third-order valence-electron chi connectivity index (χ3n) is 3.82. The minimum absolute atomic E-state index is 0.260. The summed E-state index contributed by atoms with van der Waals surface area (Å²) in [6, 6.07) is 6.72. The van der Waals surface area contributed by atoms with E-state index in [0.717, 1.165) is 0 Å². The van der Waals surface area contributed by atoms with Crippen molar-refractivity contribution in [2.75, 3.05) is 7.05 Å². The van der Waals surface area contributed by atoms with E-state index in [1.807, 2.05) is 0 Å². The van der Waals surface area contributed by atoms with Gasteiger partial charge in [-0.05, 0) is 32.3 Å². The number of nitrogens with zero attached hydrogens (tertiary/aromatic N) is 1. The minimum atomic E-state index is -1.04. The molecule has 0 aliphatic carbocycles. The van der Waals surface area contributed by atoms with Gasteiger partial charge in [-0.15, -0.1) is 0 Å². The fourth-order valence-corrected chi connectivity index (χ4v) is 2.69. The summed E-state index contributed by atoms with van der Waals surface area (Å²) in [6.07, 6.45) is -0.745. The monoisotopic (exact) mass is 379 g/mol. The van der Waals surface area contributed by atoms with Crippen LogP contribution < -0.4 is 10.8 Å². The van der Waals surface area contributed by atoms with E-state index in [-0.39, 0.29) is 5.92 Å². The quantitative estimate of drug-likeness (QED) is 0.519. The first-order valence-corrected chi connectivity index (χ1v) is 8.73. The van der Waals surface area contributed by atoms with E-state index in [2.05, 4.69) is 5.32 Å². The van der Waals surface area contributed by atoms with Crippen molar-refractivity contribution in [3.05, 3.63) is 35.9 Å². The number of benzene rings is 1. The van der Waals surface area contributed by atoms with Gasteiger partial charge in [0.2, 0.25) is 5.91 Å².